The first-order valence-electron chi connectivity index (χ1n) is 4.60. The van der Waals surface area contributed by atoms with Gasteiger partial charge in [0.1, 0.15) is 0 Å². The lowest BCUT2D eigenvalue weighted by Gasteiger charge is -2.46. The normalized spacial score (nSPS) is 41.6. The molecule has 0 aromatic rings. The lowest BCUT2D eigenvalue weighted by atomic mass is 9.65. The SMILES string of the molecule is NS(=O)(=O)C1C[C@@H]2CCCC[C@H]12. The highest BCUT2D eigenvalue weighted by molar-refractivity contribution is 7.89. The Bertz CT molecular complexity index is 273. The molecule has 2 fully saturated rings. The maximum absolute atomic E-state index is 11.0. The van der Waals surface area contributed by atoms with Crippen LogP contribution in [0.3, 0.4) is 0 Å². The Morgan fingerprint density at radius 2 is 1.83 bits per heavy atom. The van der Waals surface area contributed by atoms with Gasteiger partial charge in [-0.15, -0.1) is 0 Å². The van der Waals surface area contributed by atoms with Crippen molar-refractivity contribution in [3.8, 4) is 0 Å². The van der Waals surface area contributed by atoms with Crippen LogP contribution < -0.4 is 5.14 Å². The molecule has 0 saturated heterocycles. The van der Waals surface area contributed by atoms with Gasteiger partial charge in [-0.25, -0.2) is 13.6 Å². The standard InChI is InChI=1S/C8H15NO2S/c9-12(10,11)8-5-6-3-1-2-4-7(6)8/h6-8H,1-5H2,(H2,9,10,11)/t6-,7-,8?/m0/s1. The summed E-state index contributed by atoms with van der Waals surface area (Å²) in [5.41, 5.74) is 0. The van der Waals surface area contributed by atoms with Crippen molar-refractivity contribution < 1.29 is 8.42 Å². The number of sulfonamides is 1. The number of nitrogens with two attached hydrogens (primary N) is 1. The number of hydrogen-bond acceptors (Lipinski definition) is 2. The van der Waals surface area contributed by atoms with Crippen LogP contribution >= 0.6 is 0 Å². The van der Waals surface area contributed by atoms with E-state index < -0.39 is 10.0 Å². The summed E-state index contributed by atoms with van der Waals surface area (Å²) in [5, 5.41) is 4.91. The van der Waals surface area contributed by atoms with Gasteiger partial charge < -0.3 is 0 Å². The van der Waals surface area contributed by atoms with Crippen molar-refractivity contribution in [1.29, 1.82) is 0 Å². The first kappa shape index (κ1) is 8.51. The molecule has 4 heteroatoms. The van der Waals surface area contributed by atoms with E-state index in [1.54, 1.807) is 0 Å². The van der Waals surface area contributed by atoms with Crippen LogP contribution in [0.4, 0.5) is 0 Å². The maximum atomic E-state index is 11.0. The van der Waals surface area contributed by atoms with Gasteiger partial charge in [-0.2, -0.15) is 0 Å². The van der Waals surface area contributed by atoms with Crippen molar-refractivity contribution >= 4 is 10.0 Å². The molecule has 70 valence electrons. The zero-order valence-electron chi connectivity index (χ0n) is 7.07. The molecule has 0 spiro atoms. The number of hydrogen-bond donors (Lipinski definition) is 1. The summed E-state index contributed by atoms with van der Waals surface area (Å²) in [5.74, 6) is 1.07. The summed E-state index contributed by atoms with van der Waals surface area (Å²) < 4.78 is 22.1. The third kappa shape index (κ3) is 1.27. The van der Waals surface area contributed by atoms with Crippen LogP contribution in [-0.4, -0.2) is 13.7 Å². The Kier molecular flexibility index (Phi) is 1.92. The molecule has 2 aliphatic rings. The van der Waals surface area contributed by atoms with Crippen LogP contribution in [0.5, 0.6) is 0 Å². The highest BCUT2D eigenvalue weighted by atomic mass is 32.2. The van der Waals surface area contributed by atoms with Crippen molar-refractivity contribution in [3.05, 3.63) is 0 Å². The Hall–Kier alpha value is -0.0900. The minimum atomic E-state index is -3.24. The molecule has 0 radical (unpaired) electrons. The average molecular weight is 189 g/mol. The predicted octanol–water partition coefficient (Wildman–Crippen LogP) is 0.854. The van der Waals surface area contributed by atoms with Crippen LogP contribution in [0, 0.1) is 11.8 Å². The Balaban J connectivity index is 2.06. The molecule has 2 saturated carbocycles. The summed E-state index contributed by atoms with van der Waals surface area (Å²) in [6.45, 7) is 0. The molecule has 12 heavy (non-hydrogen) atoms. The van der Waals surface area contributed by atoms with E-state index in [9.17, 15) is 8.42 Å². The fourth-order valence-corrected chi connectivity index (χ4v) is 4.03. The molecule has 0 aliphatic heterocycles. The van der Waals surface area contributed by atoms with Gasteiger partial charge in [0.15, 0.2) is 0 Å². The molecule has 3 nitrogen and oxygen atoms in total. The quantitative estimate of drug-likeness (QED) is 0.665. The zero-order valence-corrected chi connectivity index (χ0v) is 7.89. The highest BCUT2D eigenvalue weighted by Crippen LogP contribution is 2.47. The second-order valence-corrected chi connectivity index (χ2v) is 5.86. The number of primary sulfonamides is 1. The monoisotopic (exact) mass is 189 g/mol. The molecular formula is C8H15NO2S. The summed E-state index contributed by atoms with van der Waals surface area (Å²) in [4.78, 5) is 0. The van der Waals surface area contributed by atoms with Crippen LogP contribution in [-0.2, 0) is 10.0 Å². The largest absolute Gasteiger partial charge is 0.228 e. The van der Waals surface area contributed by atoms with E-state index in [-0.39, 0.29) is 5.25 Å². The van der Waals surface area contributed by atoms with Gasteiger partial charge in [0.25, 0.3) is 0 Å². The van der Waals surface area contributed by atoms with Crippen LogP contribution in [0.15, 0.2) is 0 Å². The first-order chi connectivity index (χ1) is 5.59. The summed E-state index contributed by atoms with van der Waals surface area (Å²) in [7, 11) is -3.24. The zero-order chi connectivity index (χ0) is 8.77. The van der Waals surface area contributed by atoms with E-state index >= 15 is 0 Å². The Labute approximate surface area is 73.4 Å². The molecule has 0 aromatic carbocycles. The Morgan fingerprint density at radius 3 is 2.42 bits per heavy atom. The molecule has 0 heterocycles. The molecule has 2 rings (SSSR count). The topological polar surface area (TPSA) is 60.2 Å². The first-order valence-corrected chi connectivity index (χ1v) is 6.21. The van der Waals surface area contributed by atoms with Gasteiger partial charge >= 0.3 is 0 Å². The second kappa shape index (κ2) is 2.70. The number of fused-ring (bicyclic) bond motifs is 1. The van der Waals surface area contributed by atoms with Crippen LogP contribution in [0.1, 0.15) is 32.1 Å². The highest BCUT2D eigenvalue weighted by Gasteiger charge is 2.47. The van der Waals surface area contributed by atoms with Gasteiger partial charge in [-0.3, -0.25) is 0 Å². The molecule has 2 N–H and O–H groups in total. The number of rotatable bonds is 1. The van der Waals surface area contributed by atoms with Crippen molar-refractivity contribution in [1.82, 2.24) is 0 Å². The van der Waals surface area contributed by atoms with E-state index in [0.29, 0.717) is 11.8 Å². The lowest BCUT2D eigenvalue weighted by Crippen LogP contribution is -2.50. The van der Waals surface area contributed by atoms with E-state index in [1.165, 1.54) is 19.3 Å². The molecule has 1 unspecified atom stereocenters. The Morgan fingerprint density at radius 1 is 1.17 bits per heavy atom. The summed E-state index contributed by atoms with van der Waals surface area (Å²) >= 11 is 0. The third-order valence-electron chi connectivity index (χ3n) is 3.40. The minimum Gasteiger partial charge on any atom is -0.228 e. The summed E-state index contributed by atoms with van der Waals surface area (Å²) in [6.07, 6.45) is 5.58. The molecule has 0 amide bonds. The van der Waals surface area contributed by atoms with Crippen LogP contribution in [0.2, 0.25) is 0 Å². The molecular weight excluding hydrogens is 174 g/mol. The lowest BCUT2D eigenvalue weighted by molar-refractivity contribution is 0.120. The van der Waals surface area contributed by atoms with Crippen molar-refractivity contribution in [3.63, 3.8) is 0 Å². The van der Waals surface area contributed by atoms with Gasteiger partial charge in [0.05, 0.1) is 5.25 Å². The fourth-order valence-electron chi connectivity index (χ4n) is 2.67. The molecule has 3 atom stereocenters. The van der Waals surface area contributed by atoms with Crippen molar-refractivity contribution in [2.45, 2.75) is 37.4 Å². The van der Waals surface area contributed by atoms with E-state index in [2.05, 4.69) is 0 Å². The average Bonchev–Trinajstić information content (AvgIpc) is 1.88. The van der Waals surface area contributed by atoms with E-state index in [4.69, 9.17) is 5.14 Å². The summed E-state index contributed by atoms with van der Waals surface area (Å²) in [6, 6.07) is 0. The van der Waals surface area contributed by atoms with Gasteiger partial charge in [0, 0.05) is 0 Å². The molecule has 0 bridgehead atoms. The van der Waals surface area contributed by atoms with E-state index in [0.717, 1.165) is 12.8 Å². The third-order valence-corrected chi connectivity index (χ3v) is 4.79. The van der Waals surface area contributed by atoms with Crippen molar-refractivity contribution in [2.75, 3.05) is 0 Å². The maximum Gasteiger partial charge on any atom is 0.212 e. The predicted molar refractivity (Wildman–Crippen MR) is 47.0 cm³/mol. The smallest absolute Gasteiger partial charge is 0.212 e. The minimum absolute atomic E-state index is 0.206. The molecule has 2 aliphatic carbocycles. The second-order valence-electron chi connectivity index (χ2n) is 4.07. The van der Waals surface area contributed by atoms with Gasteiger partial charge in [0.2, 0.25) is 10.0 Å². The molecule has 0 aromatic heterocycles. The van der Waals surface area contributed by atoms with Crippen molar-refractivity contribution in [2.24, 2.45) is 17.0 Å². The van der Waals surface area contributed by atoms with Gasteiger partial charge in [-0.1, -0.05) is 19.3 Å². The van der Waals surface area contributed by atoms with Gasteiger partial charge in [-0.05, 0) is 24.7 Å². The fraction of sp³-hybridized carbons (Fsp3) is 1.00. The van der Waals surface area contributed by atoms with Crippen LogP contribution in [0.25, 0.3) is 0 Å². The van der Waals surface area contributed by atoms with E-state index in [1.807, 2.05) is 0 Å².